The van der Waals surface area contributed by atoms with Crippen LogP contribution in [0, 0.1) is 36.5 Å². The highest BCUT2D eigenvalue weighted by atomic mass is 16.7. The number of allylic oxidation sites excluding steroid dienone is 2. The van der Waals surface area contributed by atoms with Gasteiger partial charge in [-0.1, -0.05) is 45.9 Å². The normalized spacial score (nSPS) is 33.5. The van der Waals surface area contributed by atoms with Gasteiger partial charge in [0.1, 0.15) is 22.7 Å². The molecule has 8 rings (SSSR count). The molecule has 342 valence electrons. The van der Waals surface area contributed by atoms with E-state index in [1.54, 1.807) is 45.9 Å². The third kappa shape index (κ3) is 7.58. The predicted molar refractivity (Wildman–Crippen MR) is 242 cm³/mol. The van der Waals surface area contributed by atoms with E-state index in [0.29, 0.717) is 18.2 Å². The van der Waals surface area contributed by atoms with Crippen molar-refractivity contribution in [3.05, 3.63) is 79.5 Å². The number of aliphatic hydroxyl groups is 4. The first-order valence-electron chi connectivity index (χ1n) is 22.0. The second-order valence-corrected chi connectivity index (χ2v) is 18.3. The molecule has 4 aromatic rings. The van der Waals surface area contributed by atoms with Gasteiger partial charge in [0, 0.05) is 91.2 Å². The molecule has 4 aliphatic rings. The number of phenolic OH excluding ortho intramolecular Hbond substituents is 1. The van der Waals surface area contributed by atoms with Gasteiger partial charge in [-0.15, -0.1) is 0 Å². The summed E-state index contributed by atoms with van der Waals surface area (Å²) in [7, 11) is 1.45. The largest absolute Gasteiger partial charge is 0.507 e. The van der Waals surface area contributed by atoms with E-state index in [0.717, 1.165) is 25.9 Å². The van der Waals surface area contributed by atoms with Gasteiger partial charge in [0.2, 0.25) is 10.9 Å². The molecule has 16 nitrogen and oxygen atoms in total. The number of hydrogen-bond donors (Lipinski definition) is 7. The molecular formula is C48H58N4O12. The average Bonchev–Trinajstić information content (AvgIpc) is 3.83. The molecule has 2 saturated heterocycles. The molecule has 0 radical (unpaired) electrons. The lowest BCUT2D eigenvalue weighted by Gasteiger charge is -2.36. The Morgan fingerprint density at radius 3 is 2.36 bits per heavy atom. The Morgan fingerprint density at radius 2 is 1.64 bits per heavy atom. The van der Waals surface area contributed by atoms with Crippen LogP contribution in [0.4, 0.5) is 11.4 Å². The van der Waals surface area contributed by atoms with Crippen LogP contribution in [0.15, 0.2) is 62.3 Å². The topological polar surface area (TPSA) is 233 Å². The number of ether oxygens (including phenoxy) is 3. The van der Waals surface area contributed by atoms with Crippen molar-refractivity contribution in [2.24, 2.45) is 29.6 Å². The number of nitrogens with zero attached hydrogens (tertiary/aromatic N) is 2. The Bertz CT molecular complexity index is 2790. The highest BCUT2D eigenvalue weighted by molar-refractivity contribution is 6.16. The number of phenols is 1. The fourth-order valence-electron chi connectivity index (χ4n) is 9.93. The van der Waals surface area contributed by atoms with Gasteiger partial charge in [0.15, 0.2) is 22.4 Å². The smallest absolute Gasteiger partial charge is 0.307 e. The van der Waals surface area contributed by atoms with Gasteiger partial charge in [0.25, 0.3) is 5.91 Å². The van der Waals surface area contributed by atoms with Crippen molar-refractivity contribution in [2.75, 3.05) is 37.0 Å². The van der Waals surface area contributed by atoms with Crippen molar-refractivity contribution in [3.8, 4) is 11.5 Å². The van der Waals surface area contributed by atoms with Gasteiger partial charge in [-0.2, -0.15) is 0 Å². The van der Waals surface area contributed by atoms with Crippen molar-refractivity contribution >= 4 is 56.0 Å². The minimum atomic E-state index is -1.95. The molecule has 4 bridgehead atoms. The number of carbonyl (C=O) groups is 1. The highest BCUT2D eigenvalue weighted by Crippen LogP contribution is 2.42. The second kappa shape index (κ2) is 17.1. The first kappa shape index (κ1) is 45.1. The molecule has 0 aliphatic carbocycles. The van der Waals surface area contributed by atoms with E-state index in [1.165, 1.54) is 52.4 Å². The SMILES string of the molecule is CO[C@H]1/C=C/O[C@@]2(C)Oc3c(C)c(O)c4c(=O)c(c5oc6cc(N7C[C@H]8CCCN[C@H]8C7)cc(=O)c6nc5c4c3=C2O)NC(=O)/C(C)=C\C=C\[C@H](C)[C@H](O)[C@@H](C)[C@@H](O)[C@H](C)[C@H](O)[C@H]1C. The summed E-state index contributed by atoms with van der Waals surface area (Å²) in [5.74, 6) is -5.75. The summed E-state index contributed by atoms with van der Waals surface area (Å²) in [4.78, 5) is 49.7. The number of benzene rings is 3. The van der Waals surface area contributed by atoms with Crippen molar-refractivity contribution in [2.45, 2.75) is 97.6 Å². The summed E-state index contributed by atoms with van der Waals surface area (Å²) in [6.07, 6.45) is 5.65. The van der Waals surface area contributed by atoms with Crippen LogP contribution in [0.3, 0.4) is 0 Å². The number of hydrogen-bond acceptors (Lipinski definition) is 15. The minimum Gasteiger partial charge on any atom is -0.507 e. The van der Waals surface area contributed by atoms with Crippen LogP contribution in [0.5, 0.6) is 11.5 Å². The van der Waals surface area contributed by atoms with E-state index in [-0.39, 0.29) is 66.8 Å². The van der Waals surface area contributed by atoms with Gasteiger partial charge < -0.3 is 59.7 Å². The average molecular weight is 883 g/mol. The van der Waals surface area contributed by atoms with E-state index in [1.807, 2.05) is 0 Å². The van der Waals surface area contributed by atoms with E-state index < -0.39 is 82.1 Å². The number of fused-ring (bicyclic) bond motifs is 3. The number of methoxy groups -OCH3 is 1. The summed E-state index contributed by atoms with van der Waals surface area (Å²) < 4.78 is 24.6. The maximum absolute atomic E-state index is 14.8. The molecule has 1 amide bonds. The fraction of sp³-hybridized carbons (Fsp3) is 0.500. The Kier molecular flexibility index (Phi) is 12.1. The quantitative estimate of drug-likeness (QED) is 0.111. The van der Waals surface area contributed by atoms with E-state index in [2.05, 4.69) is 15.5 Å². The summed E-state index contributed by atoms with van der Waals surface area (Å²) in [5, 5.41) is 63.8. The molecule has 7 N–H and O–H groups in total. The molecule has 0 saturated carbocycles. The number of aromatic nitrogens is 1. The van der Waals surface area contributed by atoms with Crippen molar-refractivity contribution < 1.29 is 49.0 Å². The molecule has 64 heavy (non-hydrogen) atoms. The number of aromatic hydroxyl groups is 1. The van der Waals surface area contributed by atoms with Gasteiger partial charge in [-0.25, -0.2) is 4.98 Å². The first-order valence-corrected chi connectivity index (χ1v) is 22.0. The summed E-state index contributed by atoms with van der Waals surface area (Å²) in [6, 6.07) is 3.47. The Labute approximate surface area is 369 Å². The van der Waals surface area contributed by atoms with E-state index in [9.17, 15) is 39.9 Å². The third-order valence-electron chi connectivity index (χ3n) is 14.1. The van der Waals surface area contributed by atoms with Gasteiger partial charge in [-0.05, 0) is 45.2 Å². The van der Waals surface area contributed by atoms with Crippen LogP contribution in [0.2, 0.25) is 0 Å². The molecule has 16 heteroatoms. The van der Waals surface area contributed by atoms with Crippen LogP contribution in [-0.4, -0.2) is 99.4 Å². The maximum atomic E-state index is 14.8. The van der Waals surface area contributed by atoms with Crippen LogP contribution in [-0.2, 0) is 14.3 Å². The number of aliphatic hydroxyl groups excluding tert-OH is 4. The molecule has 3 aromatic carbocycles. The molecule has 11 atom stereocenters. The summed E-state index contributed by atoms with van der Waals surface area (Å²) in [6.45, 7) is 13.7. The molecule has 4 aliphatic heterocycles. The summed E-state index contributed by atoms with van der Waals surface area (Å²) in [5.41, 5.74) is -1.19. The minimum absolute atomic E-state index is 0.0314. The zero-order valence-electron chi connectivity index (χ0n) is 37.3. The first-order chi connectivity index (χ1) is 30.4. The van der Waals surface area contributed by atoms with Crippen LogP contribution < -0.4 is 36.3 Å². The van der Waals surface area contributed by atoms with Crippen molar-refractivity contribution in [1.82, 2.24) is 10.3 Å². The van der Waals surface area contributed by atoms with Crippen molar-refractivity contribution in [3.63, 3.8) is 0 Å². The van der Waals surface area contributed by atoms with E-state index in [4.69, 9.17) is 23.6 Å². The number of anilines is 2. The lowest BCUT2D eigenvalue weighted by Crippen LogP contribution is -2.44. The summed E-state index contributed by atoms with van der Waals surface area (Å²) >= 11 is 0. The van der Waals surface area contributed by atoms with Crippen molar-refractivity contribution in [1.29, 1.82) is 0 Å². The monoisotopic (exact) mass is 882 g/mol. The lowest BCUT2D eigenvalue weighted by atomic mass is 9.78. The molecule has 5 heterocycles. The number of carbonyl (C=O) groups excluding carboxylic acids is 1. The Morgan fingerprint density at radius 1 is 0.922 bits per heavy atom. The van der Waals surface area contributed by atoms with E-state index >= 15 is 0 Å². The Balaban J connectivity index is 1.35. The zero-order chi connectivity index (χ0) is 46.1. The maximum Gasteiger partial charge on any atom is 0.307 e. The molecule has 0 unspecified atom stereocenters. The number of rotatable bonds is 2. The number of amides is 1. The molecule has 2 fully saturated rings. The van der Waals surface area contributed by atoms with Crippen LogP contribution in [0.1, 0.15) is 59.9 Å². The number of nitrogens with one attached hydrogen (secondary N) is 2. The molecule has 0 spiro atoms. The second-order valence-electron chi connectivity index (χ2n) is 18.3. The predicted octanol–water partition coefficient (Wildman–Crippen LogP) is 4.18. The Hall–Kier alpha value is -5.52. The highest BCUT2D eigenvalue weighted by Gasteiger charge is 2.44. The molecule has 1 aromatic heterocycles. The van der Waals surface area contributed by atoms with Gasteiger partial charge in [-0.3, -0.25) is 14.4 Å². The van der Waals surface area contributed by atoms with Crippen LogP contribution >= 0.6 is 0 Å². The third-order valence-corrected chi connectivity index (χ3v) is 14.1. The fourth-order valence-corrected chi connectivity index (χ4v) is 9.93. The number of piperidine rings is 1. The molecular weight excluding hydrogens is 825 g/mol. The van der Waals surface area contributed by atoms with Crippen LogP contribution in [0.25, 0.3) is 38.7 Å². The zero-order valence-corrected chi connectivity index (χ0v) is 37.3. The standard InChI is InChI=1S/C48H58N4O12/c1-21-11-9-12-22(2)47(60)51-38-43(58)34-33(37-45(38)63-32-18-28(17-30(53)36(32)50-37)52-19-27-13-10-15-49-29(27)20-52)35-44(26(6)42(34)57)64-48(7,46(35)59)62-16-14-31(61-8)23(3)40(55)25(5)41(56)24(4)39(21)54/h9,11-12,14,16-18,21,23-25,27,29,31,39-41,49,54-57,59H,10,13,15,19-20H2,1-8H3,(H,51,60)/b11-9+,16-14+,22-12-/t21-,23-,24+,25+,27+,29-,31-,39-,40+,41+,48-/m0/s1. The van der Waals surface area contributed by atoms with Gasteiger partial charge in [0.05, 0.1) is 41.3 Å². The lowest BCUT2D eigenvalue weighted by molar-refractivity contribution is -0.112. The van der Waals surface area contributed by atoms with Gasteiger partial charge >= 0.3 is 5.79 Å².